The molecule has 5 heteroatoms. The highest BCUT2D eigenvalue weighted by atomic mass is 16.5. The molecule has 0 aliphatic rings. The van der Waals surface area contributed by atoms with Gasteiger partial charge in [0.05, 0.1) is 21.3 Å². The molecule has 0 saturated carbocycles. The Kier molecular flexibility index (Phi) is 5.47. The third-order valence-corrected chi connectivity index (χ3v) is 3.60. The second-order valence-corrected chi connectivity index (χ2v) is 5.16. The molecule has 2 aromatic rings. The number of aryl methyl sites for hydroxylation is 1. The summed E-state index contributed by atoms with van der Waals surface area (Å²) in [6.07, 6.45) is 3.14. The van der Waals surface area contributed by atoms with Gasteiger partial charge >= 0.3 is 0 Å². The van der Waals surface area contributed by atoms with Crippen LogP contribution in [0.1, 0.15) is 21.5 Å². The first kappa shape index (κ1) is 17.4. The fourth-order valence-electron chi connectivity index (χ4n) is 2.27. The lowest BCUT2D eigenvalue weighted by molar-refractivity contribution is 0.104. The van der Waals surface area contributed by atoms with E-state index < -0.39 is 0 Å². The first-order valence-corrected chi connectivity index (χ1v) is 7.32. The van der Waals surface area contributed by atoms with Crippen molar-refractivity contribution in [2.45, 2.75) is 6.92 Å². The minimum atomic E-state index is -0.160. The SMILES string of the molecule is COc1cc(/C=C/C(=O)c2ccc(O)c(C)c2)cc(OC)c1OC. The largest absolute Gasteiger partial charge is 0.508 e. The number of hydrogen-bond acceptors (Lipinski definition) is 5. The number of benzene rings is 2. The number of carbonyl (C=O) groups excluding carboxylic acids is 1. The Morgan fingerprint density at radius 2 is 1.62 bits per heavy atom. The number of ketones is 1. The smallest absolute Gasteiger partial charge is 0.203 e. The van der Waals surface area contributed by atoms with Crippen molar-refractivity contribution in [2.24, 2.45) is 0 Å². The van der Waals surface area contributed by atoms with Gasteiger partial charge in [-0.25, -0.2) is 0 Å². The fourth-order valence-corrected chi connectivity index (χ4v) is 2.27. The zero-order chi connectivity index (χ0) is 17.7. The molecule has 126 valence electrons. The predicted molar refractivity (Wildman–Crippen MR) is 92.3 cm³/mol. The number of hydrogen-bond donors (Lipinski definition) is 1. The summed E-state index contributed by atoms with van der Waals surface area (Å²) < 4.78 is 15.8. The number of ether oxygens (including phenoxy) is 3. The Balaban J connectivity index is 2.30. The average Bonchev–Trinajstić information content (AvgIpc) is 2.60. The first-order valence-electron chi connectivity index (χ1n) is 7.32. The van der Waals surface area contributed by atoms with Crippen LogP contribution in [0.5, 0.6) is 23.0 Å². The molecule has 0 bridgehead atoms. The highest BCUT2D eigenvalue weighted by molar-refractivity contribution is 6.07. The van der Waals surface area contributed by atoms with Gasteiger partial charge in [0.15, 0.2) is 17.3 Å². The number of phenolic OH excluding ortho intramolecular Hbond substituents is 1. The van der Waals surface area contributed by atoms with Gasteiger partial charge < -0.3 is 19.3 Å². The number of allylic oxidation sites excluding steroid dienone is 1. The monoisotopic (exact) mass is 328 g/mol. The second kappa shape index (κ2) is 7.55. The standard InChI is InChI=1S/C19H20O5/c1-12-9-14(6-8-15(12)20)16(21)7-5-13-10-17(22-2)19(24-4)18(11-13)23-3/h5-11,20H,1-4H3/b7-5+. The minimum absolute atomic E-state index is 0.160. The van der Waals surface area contributed by atoms with E-state index >= 15 is 0 Å². The summed E-state index contributed by atoms with van der Waals surface area (Å²) in [5.41, 5.74) is 1.91. The van der Waals surface area contributed by atoms with E-state index in [1.54, 1.807) is 37.3 Å². The van der Waals surface area contributed by atoms with Gasteiger partial charge in [0.2, 0.25) is 5.75 Å². The normalized spacial score (nSPS) is 10.7. The van der Waals surface area contributed by atoms with E-state index in [-0.39, 0.29) is 11.5 Å². The van der Waals surface area contributed by atoms with Gasteiger partial charge in [-0.15, -0.1) is 0 Å². The van der Waals surface area contributed by atoms with Crippen LogP contribution in [0.3, 0.4) is 0 Å². The Labute approximate surface area is 141 Å². The van der Waals surface area contributed by atoms with Gasteiger partial charge in [-0.1, -0.05) is 6.08 Å². The van der Waals surface area contributed by atoms with Crippen molar-refractivity contribution >= 4 is 11.9 Å². The lowest BCUT2D eigenvalue weighted by Crippen LogP contribution is -1.96. The van der Waals surface area contributed by atoms with Crippen molar-refractivity contribution in [2.75, 3.05) is 21.3 Å². The van der Waals surface area contributed by atoms with Crippen molar-refractivity contribution in [1.82, 2.24) is 0 Å². The molecule has 2 rings (SSSR count). The summed E-state index contributed by atoms with van der Waals surface area (Å²) in [6.45, 7) is 1.75. The number of rotatable bonds is 6. The highest BCUT2D eigenvalue weighted by Gasteiger charge is 2.12. The molecule has 0 amide bonds. The van der Waals surface area contributed by atoms with Gasteiger partial charge in [-0.2, -0.15) is 0 Å². The van der Waals surface area contributed by atoms with E-state index in [9.17, 15) is 9.90 Å². The van der Waals surface area contributed by atoms with Crippen LogP contribution in [0, 0.1) is 6.92 Å². The average molecular weight is 328 g/mol. The first-order chi connectivity index (χ1) is 11.5. The summed E-state index contributed by atoms with van der Waals surface area (Å²) >= 11 is 0. The third-order valence-electron chi connectivity index (χ3n) is 3.60. The Morgan fingerprint density at radius 3 is 2.12 bits per heavy atom. The zero-order valence-electron chi connectivity index (χ0n) is 14.1. The Morgan fingerprint density at radius 1 is 1.00 bits per heavy atom. The maximum absolute atomic E-state index is 12.3. The summed E-state index contributed by atoms with van der Waals surface area (Å²) in [5.74, 6) is 1.54. The van der Waals surface area contributed by atoms with E-state index in [0.717, 1.165) is 5.56 Å². The quantitative estimate of drug-likeness (QED) is 0.648. The molecule has 0 aliphatic carbocycles. The molecule has 0 heterocycles. The number of phenols is 1. The molecule has 0 aromatic heterocycles. The molecule has 0 atom stereocenters. The summed E-state index contributed by atoms with van der Waals surface area (Å²) in [7, 11) is 4.61. The maximum Gasteiger partial charge on any atom is 0.203 e. The van der Waals surface area contributed by atoms with Crippen molar-refractivity contribution in [3.63, 3.8) is 0 Å². The molecule has 2 aromatic carbocycles. The molecular weight excluding hydrogens is 308 g/mol. The number of aromatic hydroxyl groups is 1. The molecular formula is C19H20O5. The van der Waals surface area contributed by atoms with Gasteiger partial charge in [-0.3, -0.25) is 4.79 Å². The number of carbonyl (C=O) groups is 1. The zero-order valence-corrected chi connectivity index (χ0v) is 14.1. The van der Waals surface area contributed by atoms with Crippen molar-refractivity contribution in [3.8, 4) is 23.0 Å². The van der Waals surface area contributed by atoms with Crippen LogP contribution in [0.2, 0.25) is 0 Å². The molecule has 5 nitrogen and oxygen atoms in total. The maximum atomic E-state index is 12.3. The lowest BCUT2D eigenvalue weighted by Gasteiger charge is -2.12. The highest BCUT2D eigenvalue weighted by Crippen LogP contribution is 2.38. The van der Waals surface area contributed by atoms with Crippen LogP contribution in [-0.2, 0) is 0 Å². The topological polar surface area (TPSA) is 65.0 Å². The van der Waals surface area contributed by atoms with Crippen LogP contribution in [-0.4, -0.2) is 32.2 Å². The fraction of sp³-hybridized carbons (Fsp3) is 0.211. The van der Waals surface area contributed by atoms with Gasteiger partial charge in [0.25, 0.3) is 0 Å². The van der Waals surface area contributed by atoms with E-state index in [2.05, 4.69) is 0 Å². The predicted octanol–water partition coefficient (Wildman–Crippen LogP) is 3.62. The van der Waals surface area contributed by atoms with Crippen LogP contribution in [0.25, 0.3) is 6.08 Å². The Hall–Kier alpha value is -2.95. The third kappa shape index (κ3) is 3.68. The summed E-state index contributed by atoms with van der Waals surface area (Å²) in [6, 6.07) is 8.26. The van der Waals surface area contributed by atoms with E-state index in [1.165, 1.54) is 33.5 Å². The molecule has 0 fully saturated rings. The lowest BCUT2D eigenvalue weighted by atomic mass is 10.1. The van der Waals surface area contributed by atoms with Crippen LogP contribution >= 0.6 is 0 Å². The van der Waals surface area contributed by atoms with Crippen LogP contribution in [0.4, 0.5) is 0 Å². The minimum Gasteiger partial charge on any atom is -0.508 e. The van der Waals surface area contributed by atoms with Crippen LogP contribution in [0.15, 0.2) is 36.4 Å². The Bertz CT molecular complexity index is 752. The van der Waals surface area contributed by atoms with E-state index in [4.69, 9.17) is 14.2 Å². The molecule has 0 radical (unpaired) electrons. The second-order valence-electron chi connectivity index (χ2n) is 5.16. The van der Waals surface area contributed by atoms with E-state index in [1.807, 2.05) is 0 Å². The molecule has 0 spiro atoms. The summed E-state index contributed by atoms with van der Waals surface area (Å²) in [5, 5.41) is 9.53. The summed E-state index contributed by atoms with van der Waals surface area (Å²) in [4.78, 5) is 12.3. The molecule has 24 heavy (non-hydrogen) atoms. The van der Waals surface area contributed by atoms with Gasteiger partial charge in [0, 0.05) is 5.56 Å². The molecule has 0 unspecified atom stereocenters. The van der Waals surface area contributed by atoms with Crippen molar-refractivity contribution < 1.29 is 24.1 Å². The van der Waals surface area contributed by atoms with Gasteiger partial charge in [-0.05, 0) is 54.5 Å². The molecule has 1 N–H and O–H groups in total. The van der Waals surface area contributed by atoms with Crippen LogP contribution < -0.4 is 14.2 Å². The molecule has 0 saturated heterocycles. The van der Waals surface area contributed by atoms with Crippen molar-refractivity contribution in [3.05, 3.63) is 53.1 Å². The van der Waals surface area contributed by atoms with Gasteiger partial charge in [0.1, 0.15) is 5.75 Å². The number of methoxy groups -OCH3 is 3. The molecule has 0 aliphatic heterocycles. The van der Waals surface area contributed by atoms with E-state index in [0.29, 0.717) is 28.4 Å². The van der Waals surface area contributed by atoms with Crippen molar-refractivity contribution in [1.29, 1.82) is 0 Å².